The molecule has 0 spiro atoms. The van der Waals surface area contributed by atoms with Crippen LogP contribution in [0.4, 0.5) is 0 Å². The first-order valence-corrected chi connectivity index (χ1v) is 20.5. The van der Waals surface area contributed by atoms with Crippen molar-refractivity contribution < 1.29 is 10.2 Å². The summed E-state index contributed by atoms with van der Waals surface area (Å²) in [5, 5.41) is 28.0. The van der Waals surface area contributed by atoms with E-state index in [-0.39, 0.29) is 16.2 Å². The van der Waals surface area contributed by atoms with Gasteiger partial charge in [-0.3, -0.25) is 0 Å². The van der Waals surface area contributed by atoms with Gasteiger partial charge in [0.1, 0.15) is 11.2 Å². The van der Waals surface area contributed by atoms with Crippen LogP contribution in [0.15, 0.2) is 144 Å². The maximum atomic E-state index is 14.0. The van der Waals surface area contributed by atoms with Crippen LogP contribution in [0, 0.1) is 0 Å². The second-order valence-corrected chi connectivity index (χ2v) is 19.0. The Hall–Kier alpha value is -5.06. The molecule has 0 bridgehead atoms. The Kier molecular flexibility index (Phi) is 6.64. The lowest BCUT2D eigenvalue weighted by Crippen LogP contribution is -2.44. The molecule has 7 aromatic rings. The van der Waals surface area contributed by atoms with E-state index in [0.717, 1.165) is 26.7 Å². The van der Waals surface area contributed by atoms with Crippen molar-refractivity contribution in [2.45, 2.75) is 69.0 Å². The first-order chi connectivity index (χ1) is 26.7. The Morgan fingerprint density at radius 2 is 0.696 bits per heavy atom. The Balaban J connectivity index is 1.23. The van der Waals surface area contributed by atoms with Crippen LogP contribution in [0.2, 0.25) is 0 Å². The quantitative estimate of drug-likeness (QED) is 0.183. The first kappa shape index (κ1) is 34.2. The van der Waals surface area contributed by atoms with Crippen LogP contribution in [-0.2, 0) is 27.4 Å². The summed E-state index contributed by atoms with van der Waals surface area (Å²) in [6, 6.07) is 49.5. The minimum absolute atomic E-state index is 0.255. The fraction of sp³-hybridized carbons (Fsp3) is 0.208. The normalized spacial score (nSPS) is 21.9. The van der Waals surface area contributed by atoms with Gasteiger partial charge in [-0.05, 0) is 107 Å². The van der Waals surface area contributed by atoms with Crippen LogP contribution < -0.4 is 0 Å². The van der Waals surface area contributed by atoms with Gasteiger partial charge < -0.3 is 10.2 Å². The largest absolute Gasteiger partial charge is 0.376 e. The Labute approximate surface area is 337 Å². The van der Waals surface area contributed by atoms with E-state index in [0.29, 0.717) is 22.3 Å². The van der Waals surface area contributed by atoms with E-state index in [9.17, 15) is 10.2 Å². The summed E-state index contributed by atoms with van der Waals surface area (Å²) in [4.78, 5) is 0. The monoisotopic (exact) mass is 790 g/mol. The minimum Gasteiger partial charge on any atom is -0.376 e. The maximum Gasteiger partial charge on any atom is 0.141 e. The number of halogens is 1. The minimum atomic E-state index is -1.59. The van der Waals surface area contributed by atoms with E-state index in [4.69, 9.17) is 0 Å². The lowest BCUT2D eigenvalue weighted by molar-refractivity contribution is 0.0745. The molecule has 4 aliphatic rings. The van der Waals surface area contributed by atoms with Crippen LogP contribution in [0.25, 0.3) is 33.4 Å². The number of hydrogen-bond donors (Lipinski definition) is 2. The third-order valence-electron chi connectivity index (χ3n) is 14.3. The highest BCUT2D eigenvalue weighted by molar-refractivity contribution is 9.10. The number of hydrogen-bond acceptors (Lipinski definition) is 2. The van der Waals surface area contributed by atoms with Crippen molar-refractivity contribution in [3.05, 3.63) is 211 Å². The SMILES string of the molecule is CC1(C)c2ccccc2-c2ccc(C3(O)c4ccc(Br)cc4C(O)(c4ccc5c(c4)C(C)(C)c4ccccc4-5)c4cc5c(cc43)-c3ccccc3C5(C)C)cc21. The average Bonchev–Trinajstić information content (AvgIpc) is 3.68. The summed E-state index contributed by atoms with van der Waals surface area (Å²) in [6.45, 7) is 13.7. The van der Waals surface area contributed by atoms with Gasteiger partial charge in [-0.2, -0.15) is 0 Å². The first-order valence-electron chi connectivity index (χ1n) is 19.7. The van der Waals surface area contributed by atoms with Crippen molar-refractivity contribution in [1.82, 2.24) is 0 Å². The fourth-order valence-electron chi connectivity index (χ4n) is 11.2. The fourth-order valence-corrected chi connectivity index (χ4v) is 11.6. The van der Waals surface area contributed by atoms with Gasteiger partial charge >= 0.3 is 0 Å². The van der Waals surface area contributed by atoms with Crippen molar-refractivity contribution in [3.8, 4) is 33.4 Å². The summed E-state index contributed by atoms with van der Waals surface area (Å²) in [6.07, 6.45) is 0. The predicted octanol–water partition coefficient (Wildman–Crippen LogP) is 12.2. The summed E-state index contributed by atoms with van der Waals surface area (Å²) < 4.78 is 0.841. The third-order valence-corrected chi connectivity index (χ3v) is 14.8. The van der Waals surface area contributed by atoms with Gasteiger partial charge in [-0.25, -0.2) is 0 Å². The summed E-state index contributed by atoms with van der Waals surface area (Å²) >= 11 is 3.80. The molecule has 0 saturated carbocycles. The maximum absolute atomic E-state index is 14.0. The van der Waals surface area contributed by atoms with E-state index in [1.54, 1.807) is 0 Å². The molecule has 11 rings (SSSR count). The Morgan fingerprint density at radius 1 is 0.321 bits per heavy atom. The van der Waals surface area contributed by atoms with Crippen molar-refractivity contribution in [3.63, 3.8) is 0 Å². The van der Waals surface area contributed by atoms with E-state index >= 15 is 0 Å². The predicted molar refractivity (Wildman–Crippen MR) is 230 cm³/mol. The van der Waals surface area contributed by atoms with E-state index in [1.807, 2.05) is 18.2 Å². The molecule has 56 heavy (non-hydrogen) atoms. The second kappa shape index (κ2) is 10.9. The molecule has 0 heterocycles. The molecular formula is C53H43BrO2. The number of aliphatic hydroxyl groups is 2. The van der Waals surface area contributed by atoms with Gasteiger partial charge in [-0.15, -0.1) is 0 Å². The molecule has 274 valence electrons. The second-order valence-electron chi connectivity index (χ2n) is 18.1. The van der Waals surface area contributed by atoms with Crippen molar-refractivity contribution in [1.29, 1.82) is 0 Å². The Bertz CT molecular complexity index is 2890. The van der Waals surface area contributed by atoms with Gasteiger partial charge in [0.15, 0.2) is 0 Å². The zero-order valence-corrected chi connectivity index (χ0v) is 34.1. The molecule has 0 amide bonds. The van der Waals surface area contributed by atoms with Gasteiger partial charge in [0, 0.05) is 31.8 Å². The molecule has 0 fully saturated rings. The van der Waals surface area contributed by atoms with Crippen LogP contribution in [-0.4, -0.2) is 10.2 Å². The topological polar surface area (TPSA) is 40.5 Å². The van der Waals surface area contributed by atoms with Gasteiger partial charge in [0.2, 0.25) is 0 Å². The summed E-state index contributed by atoms with van der Waals surface area (Å²) in [5.41, 5.74) is 14.9. The number of benzene rings is 7. The molecule has 3 heteroatoms. The lowest BCUT2D eigenvalue weighted by Gasteiger charge is -2.46. The van der Waals surface area contributed by atoms with Gasteiger partial charge in [0.25, 0.3) is 0 Å². The standard InChI is InChI=1S/C53H43BrO2/c1-49(2)39-16-10-7-13-33(39)36-22-19-30(25-43(36)49)52(55)42-24-21-32(54)27-46(42)53(56,31-20-23-37-34-14-8-11-17-40(34)50(3,4)44(37)26-31)48-29-45-38(28-47(48)52)35-15-9-12-18-41(35)51(45,5)6/h7-29,55-56H,1-6H3. The summed E-state index contributed by atoms with van der Waals surface area (Å²) in [7, 11) is 0. The van der Waals surface area contributed by atoms with Crippen molar-refractivity contribution in [2.24, 2.45) is 0 Å². The van der Waals surface area contributed by atoms with Crippen LogP contribution >= 0.6 is 15.9 Å². The summed E-state index contributed by atoms with van der Waals surface area (Å²) in [5.74, 6) is 0. The van der Waals surface area contributed by atoms with Crippen molar-refractivity contribution >= 4 is 15.9 Å². The molecule has 0 aliphatic heterocycles. The highest BCUT2D eigenvalue weighted by Crippen LogP contribution is 2.60. The van der Waals surface area contributed by atoms with Gasteiger partial charge in [0.05, 0.1) is 0 Å². The highest BCUT2D eigenvalue weighted by atomic mass is 79.9. The third kappa shape index (κ3) is 4.04. The molecule has 7 aromatic carbocycles. The zero-order chi connectivity index (χ0) is 38.7. The highest BCUT2D eigenvalue weighted by Gasteiger charge is 2.54. The molecule has 2 nitrogen and oxygen atoms in total. The molecule has 2 atom stereocenters. The smallest absolute Gasteiger partial charge is 0.141 e. The molecule has 0 saturated heterocycles. The molecule has 2 N–H and O–H groups in total. The van der Waals surface area contributed by atoms with Gasteiger partial charge in [-0.1, -0.05) is 179 Å². The number of fused-ring (bicyclic) bond motifs is 11. The lowest BCUT2D eigenvalue weighted by atomic mass is 9.62. The molecule has 0 aromatic heterocycles. The van der Waals surface area contributed by atoms with E-state index in [2.05, 4.69) is 179 Å². The molecule has 4 aliphatic carbocycles. The van der Waals surface area contributed by atoms with E-state index < -0.39 is 11.2 Å². The zero-order valence-electron chi connectivity index (χ0n) is 32.6. The van der Waals surface area contributed by atoms with Crippen molar-refractivity contribution in [2.75, 3.05) is 0 Å². The van der Waals surface area contributed by atoms with Crippen LogP contribution in [0.5, 0.6) is 0 Å². The number of rotatable bonds is 2. The average molecular weight is 792 g/mol. The Morgan fingerprint density at radius 3 is 1.20 bits per heavy atom. The van der Waals surface area contributed by atoms with Crippen LogP contribution in [0.3, 0.4) is 0 Å². The van der Waals surface area contributed by atoms with E-state index in [1.165, 1.54) is 55.6 Å². The molecule has 0 radical (unpaired) electrons. The molecule has 2 unspecified atom stereocenters. The van der Waals surface area contributed by atoms with Crippen LogP contribution in [0.1, 0.15) is 108 Å². The molecular weight excluding hydrogens is 748 g/mol.